The fraction of sp³-hybridized carbons (Fsp3) is 0.438. The molecule has 1 saturated heterocycles. The molecule has 0 aromatic heterocycles. The molecule has 1 aliphatic rings. The van der Waals surface area contributed by atoms with Crippen molar-refractivity contribution in [1.29, 1.82) is 0 Å². The van der Waals surface area contributed by atoms with Gasteiger partial charge in [0, 0.05) is 16.8 Å². The van der Waals surface area contributed by atoms with Gasteiger partial charge in [-0.3, -0.25) is 14.4 Å². The number of thioether (sulfide) groups is 1. The lowest BCUT2D eigenvalue weighted by Gasteiger charge is -2.18. The zero-order valence-electron chi connectivity index (χ0n) is 13.3. The minimum Gasteiger partial charge on any atom is -0.454 e. The number of nitrogens with zero attached hydrogens (tertiary/aromatic N) is 1. The summed E-state index contributed by atoms with van der Waals surface area (Å²) in [6.45, 7) is 2.05. The number of rotatable bonds is 7. The summed E-state index contributed by atoms with van der Waals surface area (Å²) in [5, 5.41) is 2.72. The van der Waals surface area contributed by atoms with Gasteiger partial charge in [-0.15, -0.1) is 0 Å². The van der Waals surface area contributed by atoms with E-state index in [1.165, 1.54) is 16.7 Å². The molecule has 0 aliphatic carbocycles. The number of carbonyl (C=O) groups is 3. The highest BCUT2D eigenvalue weighted by Crippen LogP contribution is 2.19. The second-order valence-corrected chi connectivity index (χ2v) is 7.24. The van der Waals surface area contributed by atoms with Gasteiger partial charge in [0.15, 0.2) is 6.61 Å². The van der Waals surface area contributed by atoms with Crippen molar-refractivity contribution < 1.29 is 19.1 Å². The lowest BCUT2D eigenvalue weighted by molar-refractivity contribution is -0.149. The summed E-state index contributed by atoms with van der Waals surface area (Å²) in [5.74, 6) is -0.254. The van der Waals surface area contributed by atoms with E-state index in [4.69, 9.17) is 4.74 Å². The van der Waals surface area contributed by atoms with Gasteiger partial charge in [0.2, 0.25) is 0 Å². The highest BCUT2D eigenvalue weighted by molar-refractivity contribution is 9.10. The summed E-state index contributed by atoms with van der Waals surface area (Å²) in [7, 11) is 0. The molecule has 1 atom stereocenters. The first-order valence-electron chi connectivity index (χ1n) is 7.61. The van der Waals surface area contributed by atoms with E-state index in [1.54, 1.807) is 0 Å². The third-order valence-electron chi connectivity index (χ3n) is 3.54. The van der Waals surface area contributed by atoms with Crippen LogP contribution in [0.3, 0.4) is 0 Å². The predicted molar refractivity (Wildman–Crippen MR) is 95.7 cm³/mol. The van der Waals surface area contributed by atoms with E-state index in [0.29, 0.717) is 12.3 Å². The van der Waals surface area contributed by atoms with Crippen molar-refractivity contribution >= 4 is 44.8 Å². The highest BCUT2D eigenvalue weighted by atomic mass is 79.9. The molecular weight excluding hydrogens is 396 g/mol. The normalized spacial score (nSPS) is 15.2. The molecule has 0 spiro atoms. The van der Waals surface area contributed by atoms with Crippen molar-refractivity contribution in [2.45, 2.75) is 19.4 Å². The zero-order valence-corrected chi connectivity index (χ0v) is 15.7. The Bertz CT molecular complexity index is 609. The molecule has 1 aromatic carbocycles. The standard InChI is InChI=1S/C16H19BrN2O4S/c1-2-13(11-3-5-12(17)6-4-11)18-14(20)10-23-15(21)9-19-7-8-24-16(19)22/h3-6,13H,2,7-10H2,1H3,(H,18,20)/t13-/m0/s1. The highest BCUT2D eigenvalue weighted by Gasteiger charge is 2.24. The quantitative estimate of drug-likeness (QED) is 0.694. The number of hydrogen-bond acceptors (Lipinski definition) is 5. The molecule has 6 nitrogen and oxygen atoms in total. The molecule has 130 valence electrons. The summed E-state index contributed by atoms with van der Waals surface area (Å²) in [6, 6.07) is 7.55. The molecule has 2 amide bonds. The minimum atomic E-state index is -0.572. The van der Waals surface area contributed by atoms with Crippen LogP contribution in [-0.2, 0) is 14.3 Å². The first-order valence-corrected chi connectivity index (χ1v) is 9.39. The van der Waals surface area contributed by atoms with Gasteiger partial charge in [-0.2, -0.15) is 0 Å². The molecule has 8 heteroatoms. The van der Waals surface area contributed by atoms with Crippen LogP contribution in [0, 0.1) is 0 Å². The van der Waals surface area contributed by atoms with Crippen LogP contribution in [0.5, 0.6) is 0 Å². The van der Waals surface area contributed by atoms with Crippen LogP contribution in [0.25, 0.3) is 0 Å². The Hall–Kier alpha value is -1.54. The number of nitrogens with one attached hydrogen (secondary N) is 1. The van der Waals surface area contributed by atoms with Crippen molar-refractivity contribution in [3.05, 3.63) is 34.3 Å². The Morgan fingerprint density at radius 2 is 2.08 bits per heavy atom. The van der Waals surface area contributed by atoms with Crippen LogP contribution in [0.15, 0.2) is 28.7 Å². The van der Waals surface area contributed by atoms with Gasteiger partial charge in [0.1, 0.15) is 6.54 Å². The number of ether oxygens (including phenoxy) is 1. The number of benzene rings is 1. The number of carbonyl (C=O) groups excluding carboxylic acids is 3. The third kappa shape index (κ3) is 5.52. The summed E-state index contributed by atoms with van der Waals surface area (Å²) >= 11 is 4.55. The maximum absolute atomic E-state index is 12.0. The molecule has 0 saturated carbocycles. The Morgan fingerprint density at radius 3 is 2.67 bits per heavy atom. The number of halogens is 1. The van der Waals surface area contributed by atoms with Crippen LogP contribution in [0.4, 0.5) is 4.79 Å². The van der Waals surface area contributed by atoms with Crippen LogP contribution >= 0.6 is 27.7 Å². The van der Waals surface area contributed by atoms with E-state index in [2.05, 4.69) is 21.2 Å². The van der Waals surface area contributed by atoms with Crippen molar-refractivity contribution in [1.82, 2.24) is 10.2 Å². The van der Waals surface area contributed by atoms with Crippen LogP contribution in [0.2, 0.25) is 0 Å². The Morgan fingerprint density at radius 1 is 1.38 bits per heavy atom. The fourth-order valence-electron chi connectivity index (χ4n) is 2.27. The number of amides is 2. The molecular formula is C16H19BrN2O4S. The van der Waals surface area contributed by atoms with E-state index in [9.17, 15) is 14.4 Å². The Labute approximate surface area is 153 Å². The van der Waals surface area contributed by atoms with Crippen molar-refractivity contribution in [3.8, 4) is 0 Å². The van der Waals surface area contributed by atoms with Gasteiger partial charge in [-0.1, -0.05) is 46.7 Å². The van der Waals surface area contributed by atoms with Crippen LogP contribution < -0.4 is 5.32 Å². The lowest BCUT2D eigenvalue weighted by Crippen LogP contribution is -2.35. The van der Waals surface area contributed by atoms with Gasteiger partial charge in [0.25, 0.3) is 11.1 Å². The number of hydrogen-bond donors (Lipinski definition) is 1. The third-order valence-corrected chi connectivity index (χ3v) is 4.97. The lowest BCUT2D eigenvalue weighted by atomic mass is 10.0. The first kappa shape index (κ1) is 18.8. The average molecular weight is 415 g/mol. The van der Waals surface area contributed by atoms with E-state index >= 15 is 0 Å². The molecule has 1 fully saturated rings. The molecule has 1 aromatic rings. The van der Waals surface area contributed by atoms with Gasteiger partial charge in [-0.05, 0) is 24.1 Å². The van der Waals surface area contributed by atoms with Crippen molar-refractivity contribution in [2.24, 2.45) is 0 Å². The van der Waals surface area contributed by atoms with E-state index in [-0.39, 0.29) is 30.3 Å². The Balaban J connectivity index is 1.78. The maximum Gasteiger partial charge on any atom is 0.326 e. The van der Waals surface area contributed by atoms with Crippen LogP contribution in [0.1, 0.15) is 24.9 Å². The predicted octanol–water partition coefficient (Wildman–Crippen LogP) is 2.73. The molecule has 24 heavy (non-hydrogen) atoms. The topological polar surface area (TPSA) is 75.7 Å². The SMILES string of the molecule is CC[C@H](NC(=O)COC(=O)CN1CCSC1=O)c1ccc(Br)cc1. The summed E-state index contributed by atoms with van der Waals surface area (Å²) in [4.78, 5) is 36.5. The maximum atomic E-state index is 12.0. The van der Waals surface area contributed by atoms with Gasteiger partial charge >= 0.3 is 5.97 Å². The molecule has 1 N–H and O–H groups in total. The largest absolute Gasteiger partial charge is 0.454 e. The van der Waals surface area contributed by atoms with E-state index < -0.39 is 5.97 Å². The van der Waals surface area contributed by atoms with E-state index in [1.807, 2.05) is 31.2 Å². The van der Waals surface area contributed by atoms with Gasteiger partial charge in [-0.25, -0.2) is 0 Å². The molecule has 1 heterocycles. The average Bonchev–Trinajstić information content (AvgIpc) is 2.96. The molecule has 1 aliphatic heterocycles. The smallest absolute Gasteiger partial charge is 0.326 e. The monoisotopic (exact) mass is 414 g/mol. The molecule has 0 bridgehead atoms. The second-order valence-electron chi connectivity index (χ2n) is 5.28. The molecule has 0 unspecified atom stereocenters. The molecule has 2 rings (SSSR count). The Kier molecular flexibility index (Phi) is 7.11. The minimum absolute atomic E-state index is 0.108. The summed E-state index contributed by atoms with van der Waals surface area (Å²) < 4.78 is 5.92. The second kappa shape index (κ2) is 9.08. The van der Waals surface area contributed by atoms with Gasteiger partial charge < -0.3 is 15.0 Å². The summed E-state index contributed by atoms with van der Waals surface area (Å²) in [5.41, 5.74) is 0.986. The fourth-order valence-corrected chi connectivity index (χ4v) is 3.36. The first-order chi connectivity index (χ1) is 11.5. The number of esters is 1. The van der Waals surface area contributed by atoms with Gasteiger partial charge in [0.05, 0.1) is 6.04 Å². The zero-order chi connectivity index (χ0) is 17.5. The van der Waals surface area contributed by atoms with Crippen molar-refractivity contribution in [2.75, 3.05) is 25.4 Å². The summed E-state index contributed by atoms with van der Waals surface area (Å²) in [6.07, 6.45) is 0.723. The van der Waals surface area contributed by atoms with E-state index in [0.717, 1.165) is 16.5 Å². The molecule has 0 radical (unpaired) electrons. The van der Waals surface area contributed by atoms with Crippen LogP contribution in [-0.4, -0.2) is 47.5 Å². The van der Waals surface area contributed by atoms with Crippen molar-refractivity contribution in [3.63, 3.8) is 0 Å².